The fourth-order valence-electron chi connectivity index (χ4n) is 4.15. The van der Waals surface area contributed by atoms with Crippen molar-refractivity contribution in [3.05, 3.63) is 29.8 Å². The SMILES string of the molecule is CCOC(=O)C1CCCN(C(=O)CCc2ccc(S(=O)(=O)N3CCCCC3)cc2)C1. The standard InChI is InChI=1S/C22H32N2O5S/c1-2-29-22(26)19-7-6-14-23(17-19)21(25)13-10-18-8-11-20(12-9-18)30(27,28)24-15-4-3-5-16-24/h8-9,11-12,19H,2-7,10,13-17H2,1H3. The summed E-state index contributed by atoms with van der Waals surface area (Å²) in [6.45, 7) is 4.40. The van der Waals surface area contributed by atoms with E-state index in [2.05, 4.69) is 0 Å². The third kappa shape index (κ3) is 5.60. The van der Waals surface area contributed by atoms with E-state index in [0.717, 1.165) is 37.7 Å². The molecule has 3 rings (SSSR count). The number of ether oxygens (including phenoxy) is 1. The molecule has 0 radical (unpaired) electrons. The molecule has 2 saturated heterocycles. The molecule has 166 valence electrons. The lowest BCUT2D eigenvalue weighted by molar-refractivity contribution is -0.151. The fourth-order valence-corrected chi connectivity index (χ4v) is 5.67. The first-order valence-corrected chi connectivity index (χ1v) is 12.4. The van der Waals surface area contributed by atoms with Gasteiger partial charge >= 0.3 is 5.97 Å². The van der Waals surface area contributed by atoms with Crippen LogP contribution in [0.25, 0.3) is 0 Å². The molecular formula is C22H32N2O5S. The molecule has 2 aliphatic heterocycles. The number of rotatable bonds is 7. The maximum atomic E-state index is 12.7. The van der Waals surface area contributed by atoms with Crippen LogP contribution in [0.1, 0.15) is 51.0 Å². The number of sulfonamides is 1. The van der Waals surface area contributed by atoms with Crippen molar-refractivity contribution in [2.75, 3.05) is 32.8 Å². The largest absolute Gasteiger partial charge is 0.466 e. The lowest BCUT2D eigenvalue weighted by Crippen LogP contribution is -2.42. The van der Waals surface area contributed by atoms with E-state index in [1.165, 1.54) is 0 Å². The van der Waals surface area contributed by atoms with Crippen molar-refractivity contribution in [2.45, 2.75) is 56.8 Å². The molecule has 1 amide bonds. The van der Waals surface area contributed by atoms with Crippen LogP contribution in [0.4, 0.5) is 0 Å². The van der Waals surface area contributed by atoms with Gasteiger partial charge in [0.15, 0.2) is 0 Å². The summed E-state index contributed by atoms with van der Waals surface area (Å²) in [5.41, 5.74) is 0.930. The van der Waals surface area contributed by atoms with E-state index in [4.69, 9.17) is 4.74 Å². The summed E-state index contributed by atoms with van der Waals surface area (Å²) in [6, 6.07) is 6.87. The number of hydrogen-bond acceptors (Lipinski definition) is 5. The minimum atomic E-state index is -3.43. The van der Waals surface area contributed by atoms with E-state index >= 15 is 0 Å². The first-order valence-electron chi connectivity index (χ1n) is 11.0. The van der Waals surface area contributed by atoms with Crippen LogP contribution in [0, 0.1) is 5.92 Å². The average Bonchev–Trinajstić information content (AvgIpc) is 2.78. The van der Waals surface area contributed by atoms with E-state index in [0.29, 0.717) is 50.5 Å². The van der Waals surface area contributed by atoms with Gasteiger partial charge in [0.05, 0.1) is 17.4 Å². The smallest absolute Gasteiger partial charge is 0.310 e. The van der Waals surface area contributed by atoms with Crippen LogP contribution in [-0.4, -0.2) is 62.3 Å². The van der Waals surface area contributed by atoms with E-state index < -0.39 is 10.0 Å². The molecule has 1 atom stereocenters. The second-order valence-electron chi connectivity index (χ2n) is 8.04. The van der Waals surface area contributed by atoms with Crippen molar-refractivity contribution >= 4 is 21.9 Å². The quantitative estimate of drug-likeness (QED) is 0.614. The second-order valence-corrected chi connectivity index (χ2v) is 9.98. The molecule has 1 unspecified atom stereocenters. The Morgan fingerprint density at radius 1 is 1.03 bits per heavy atom. The molecule has 2 heterocycles. The van der Waals surface area contributed by atoms with Crippen molar-refractivity contribution in [3.8, 4) is 0 Å². The Hall–Kier alpha value is -1.93. The Kier molecular flexibility index (Phi) is 7.88. The van der Waals surface area contributed by atoms with Gasteiger partial charge in [0, 0.05) is 32.6 Å². The zero-order chi connectivity index (χ0) is 21.6. The predicted octanol–water partition coefficient (Wildman–Crippen LogP) is 2.60. The van der Waals surface area contributed by atoms with Gasteiger partial charge in [-0.2, -0.15) is 4.31 Å². The van der Waals surface area contributed by atoms with Crippen LogP contribution in [0.5, 0.6) is 0 Å². The number of esters is 1. The Bertz CT molecular complexity index is 832. The maximum Gasteiger partial charge on any atom is 0.310 e. The minimum absolute atomic E-state index is 0.0222. The van der Waals surface area contributed by atoms with Crippen molar-refractivity contribution < 1.29 is 22.7 Å². The Morgan fingerprint density at radius 2 is 1.73 bits per heavy atom. The maximum absolute atomic E-state index is 12.7. The number of carbonyl (C=O) groups is 2. The second kappa shape index (κ2) is 10.4. The molecule has 0 spiro atoms. The number of amides is 1. The van der Waals surface area contributed by atoms with Crippen LogP contribution >= 0.6 is 0 Å². The summed E-state index contributed by atoms with van der Waals surface area (Å²) in [4.78, 5) is 26.6. The molecule has 2 aliphatic rings. The monoisotopic (exact) mass is 436 g/mol. The molecule has 8 heteroatoms. The van der Waals surface area contributed by atoms with E-state index in [1.807, 2.05) is 0 Å². The van der Waals surface area contributed by atoms with E-state index in [-0.39, 0.29) is 17.8 Å². The van der Waals surface area contributed by atoms with E-state index in [1.54, 1.807) is 40.4 Å². The lowest BCUT2D eigenvalue weighted by Gasteiger charge is -2.31. The summed E-state index contributed by atoms with van der Waals surface area (Å²) < 4.78 is 32.1. The van der Waals surface area contributed by atoms with Crippen molar-refractivity contribution in [1.29, 1.82) is 0 Å². The topological polar surface area (TPSA) is 84.0 Å². The highest BCUT2D eigenvalue weighted by Crippen LogP contribution is 2.22. The first kappa shape index (κ1) is 22.7. The molecule has 0 saturated carbocycles. The lowest BCUT2D eigenvalue weighted by atomic mass is 9.97. The highest BCUT2D eigenvalue weighted by Gasteiger charge is 2.29. The number of nitrogens with zero attached hydrogens (tertiary/aromatic N) is 2. The number of carbonyl (C=O) groups excluding carboxylic acids is 2. The molecule has 30 heavy (non-hydrogen) atoms. The minimum Gasteiger partial charge on any atom is -0.466 e. The predicted molar refractivity (Wildman–Crippen MR) is 113 cm³/mol. The average molecular weight is 437 g/mol. The summed E-state index contributed by atoms with van der Waals surface area (Å²) in [5.74, 6) is -0.434. The van der Waals surface area contributed by atoms with Gasteiger partial charge < -0.3 is 9.64 Å². The third-order valence-electron chi connectivity index (χ3n) is 5.90. The fraction of sp³-hybridized carbons (Fsp3) is 0.636. The van der Waals surface area contributed by atoms with Crippen LogP contribution < -0.4 is 0 Å². The van der Waals surface area contributed by atoms with Gasteiger partial charge in [-0.25, -0.2) is 8.42 Å². The molecule has 0 aliphatic carbocycles. The number of aryl methyl sites for hydroxylation is 1. The van der Waals surface area contributed by atoms with Gasteiger partial charge in [0.2, 0.25) is 15.9 Å². The zero-order valence-electron chi connectivity index (χ0n) is 17.7. The Labute approximate surface area is 179 Å². The number of benzene rings is 1. The van der Waals surface area contributed by atoms with Crippen LogP contribution in [0.3, 0.4) is 0 Å². The zero-order valence-corrected chi connectivity index (χ0v) is 18.5. The number of likely N-dealkylation sites (tertiary alicyclic amines) is 1. The molecular weight excluding hydrogens is 404 g/mol. The molecule has 1 aromatic carbocycles. The number of piperidine rings is 2. The highest BCUT2D eigenvalue weighted by atomic mass is 32.2. The summed E-state index contributed by atoms with van der Waals surface area (Å²) in [7, 11) is -3.43. The van der Waals surface area contributed by atoms with Gasteiger partial charge in [-0.3, -0.25) is 9.59 Å². The summed E-state index contributed by atoms with van der Waals surface area (Å²) >= 11 is 0. The summed E-state index contributed by atoms with van der Waals surface area (Å²) in [6.07, 6.45) is 5.35. The van der Waals surface area contributed by atoms with Crippen LogP contribution in [-0.2, 0) is 30.8 Å². The van der Waals surface area contributed by atoms with Crippen molar-refractivity contribution in [2.24, 2.45) is 5.92 Å². The number of hydrogen-bond donors (Lipinski definition) is 0. The van der Waals surface area contributed by atoms with Crippen LogP contribution in [0.2, 0.25) is 0 Å². The van der Waals surface area contributed by atoms with Gasteiger partial charge in [0.25, 0.3) is 0 Å². The van der Waals surface area contributed by atoms with Gasteiger partial charge in [-0.15, -0.1) is 0 Å². The van der Waals surface area contributed by atoms with E-state index in [9.17, 15) is 18.0 Å². The van der Waals surface area contributed by atoms with Crippen LogP contribution in [0.15, 0.2) is 29.2 Å². The van der Waals surface area contributed by atoms with Gasteiger partial charge in [0.1, 0.15) is 0 Å². The van der Waals surface area contributed by atoms with Crippen molar-refractivity contribution in [1.82, 2.24) is 9.21 Å². The molecule has 7 nitrogen and oxygen atoms in total. The first-order chi connectivity index (χ1) is 14.4. The third-order valence-corrected chi connectivity index (χ3v) is 7.81. The summed E-state index contributed by atoms with van der Waals surface area (Å²) in [5, 5.41) is 0. The highest BCUT2D eigenvalue weighted by molar-refractivity contribution is 7.89. The van der Waals surface area contributed by atoms with Crippen molar-refractivity contribution in [3.63, 3.8) is 0 Å². The Morgan fingerprint density at radius 3 is 2.40 bits per heavy atom. The normalized spacial score (nSPS) is 20.7. The molecule has 1 aromatic rings. The molecule has 2 fully saturated rings. The molecule has 0 bridgehead atoms. The molecule has 0 N–H and O–H groups in total. The van der Waals surface area contributed by atoms with Gasteiger partial charge in [-0.1, -0.05) is 18.6 Å². The molecule has 0 aromatic heterocycles. The van der Waals surface area contributed by atoms with Gasteiger partial charge in [-0.05, 0) is 56.7 Å². The Balaban J connectivity index is 1.53.